The summed E-state index contributed by atoms with van der Waals surface area (Å²) in [4.78, 5) is 26.6. The van der Waals surface area contributed by atoms with Crippen molar-refractivity contribution in [2.24, 2.45) is 0 Å². The Hall–Kier alpha value is -3.83. The van der Waals surface area contributed by atoms with Crippen molar-refractivity contribution in [3.05, 3.63) is 59.2 Å². The van der Waals surface area contributed by atoms with E-state index < -0.39 is 5.97 Å². The van der Waals surface area contributed by atoms with Crippen LogP contribution in [0.2, 0.25) is 0 Å². The van der Waals surface area contributed by atoms with Crippen LogP contribution in [0.4, 0.5) is 0 Å². The lowest BCUT2D eigenvalue weighted by Crippen LogP contribution is -2.41. The van der Waals surface area contributed by atoms with Gasteiger partial charge in [0.05, 0.1) is 33.0 Å². The molecule has 1 aliphatic heterocycles. The molecule has 2 aromatic carbocycles. The Balaban J connectivity index is 1.78. The predicted molar refractivity (Wildman–Crippen MR) is 112 cm³/mol. The Morgan fingerprint density at radius 2 is 1.74 bits per heavy atom. The van der Waals surface area contributed by atoms with E-state index >= 15 is 0 Å². The highest BCUT2D eigenvalue weighted by Crippen LogP contribution is 2.30. The lowest BCUT2D eigenvalue weighted by Gasteiger charge is -2.26. The molecule has 8 nitrogen and oxygen atoms in total. The first-order chi connectivity index (χ1) is 15.0. The van der Waals surface area contributed by atoms with Gasteiger partial charge in [-0.2, -0.15) is 5.26 Å². The molecular formula is C23H22N2O6. The van der Waals surface area contributed by atoms with Gasteiger partial charge in [0, 0.05) is 13.1 Å². The minimum atomic E-state index is -0.551. The van der Waals surface area contributed by atoms with Crippen LogP contribution >= 0.6 is 0 Å². The summed E-state index contributed by atoms with van der Waals surface area (Å²) in [6.07, 6.45) is 1.48. The second kappa shape index (κ2) is 10.3. The topological polar surface area (TPSA) is 98.1 Å². The zero-order valence-electron chi connectivity index (χ0n) is 17.3. The van der Waals surface area contributed by atoms with Crippen LogP contribution in [0.5, 0.6) is 17.2 Å². The summed E-state index contributed by atoms with van der Waals surface area (Å²) in [7, 11) is 2.98. The molecule has 1 aliphatic rings. The molecule has 2 aromatic rings. The minimum Gasteiger partial charge on any atom is -0.497 e. The third kappa shape index (κ3) is 5.41. The summed E-state index contributed by atoms with van der Waals surface area (Å²) in [6.45, 7) is 1.79. The summed E-state index contributed by atoms with van der Waals surface area (Å²) in [5.74, 6) is 0.250. The highest BCUT2D eigenvalue weighted by atomic mass is 16.6. The van der Waals surface area contributed by atoms with E-state index in [4.69, 9.17) is 18.9 Å². The number of methoxy groups -OCH3 is 2. The van der Waals surface area contributed by atoms with E-state index in [1.165, 1.54) is 13.2 Å². The van der Waals surface area contributed by atoms with E-state index in [0.717, 1.165) is 0 Å². The smallest absolute Gasteiger partial charge is 0.343 e. The summed E-state index contributed by atoms with van der Waals surface area (Å²) >= 11 is 0. The van der Waals surface area contributed by atoms with Gasteiger partial charge in [-0.05, 0) is 48.0 Å². The molecule has 1 fully saturated rings. The van der Waals surface area contributed by atoms with Crippen LogP contribution in [0.25, 0.3) is 6.08 Å². The zero-order valence-corrected chi connectivity index (χ0v) is 17.3. The fraction of sp³-hybridized carbons (Fsp3) is 0.261. The average Bonchev–Trinajstić information content (AvgIpc) is 2.83. The van der Waals surface area contributed by atoms with Gasteiger partial charge in [-0.15, -0.1) is 0 Å². The molecular weight excluding hydrogens is 400 g/mol. The molecule has 31 heavy (non-hydrogen) atoms. The fourth-order valence-corrected chi connectivity index (χ4v) is 2.99. The first-order valence-electron chi connectivity index (χ1n) is 9.59. The van der Waals surface area contributed by atoms with Crippen LogP contribution in [0, 0.1) is 11.3 Å². The number of hydrogen-bond donors (Lipinski definition) is 0. The van der Waals surface area contributed by atoms with Gasteiger partial charge >= 0.3 is 5.97 Å². The molecule has 0 atom stereocenters. The number of esters is 1. The molecule has 1 amide bonds. The van der Waals surface area contributed by atoms with Gasteiger partial charge in [0.1, 0.15) is 17.4 Å². The molecule has 0 N–H and O–H groups in total. The number of nitriles is 1. The molecule has 3 rings (SSSR count). The number of rotatable bonds is 6. The molecule has 160 valence electrons. The molecule has 0 aromatic heterocycles. The maximum atomic E-state index is 12.6. The number of benzene rings is 2. The van der Waals surface area contributed by atoms with Gasteiger partial charge in [0.15, 0.2) is 11.5 Å². The Bertz CT molecular complexity index is 1020. The summed E-state index contributed by atoms with van der Waals surface area (Å²) in [5.41, 5.74) is 0.931. The molecule has 0 aliphatic carbocycles. The Kier molecular flexibility index (Phi) is 7.25. The first-order valence-corrected chi connectivity index (χ1v) is 9.59. The molecule has 1 heterocycles. The van der Waals surface area contributed by atoms with Crippen LogP contribution in [0.3, 0.4) is 0 Å². The first kappa shape index (κ1) is 21.9. The van der Waals surface area contributed by atoms with Crippen LogP contribution in [-0.2, 0) is 9.53 Å². The van der Waals surface area contributed by atoms with Crippen LogP contribution in [-0.4, -0.2) is 57.3 Å². The van der Waals surface area contributed by atoms with E-state index in [2.05, 4.69) is 0 Å². The zero-order chi connectivity index (χ0) is 22.2. The van der Waals surface area contributed by atoms with Crippen molar-refractivity contribution >= 4 is 18.0 Å². The van der Waals surface area contributed by atoms with E-state index in [1.807, 2.05) is 6.07 Å². The molecule has 0 radical (unpaired) electrons. The predicted octanol–water partition coefficient (Wildman–Crippen LogP) is 2.69. The standard InChI is InChI=1S/C23H22N2O6/c1-28-19-6-4-17(5-7-19)23(27)31-20-8-3-16(14-21(20)29-2)13-18(15-24)22(26)25-9-11-30-12-10-25/h3-8,13-14H,9-12H2,1-2H3/b18-13+. The average molecular weight is 422 g/mol. The van der Waals surface area contributed by atoms with Gasteiger partial charge in [-0.25, -0.2) is 4.79 Å². The second-order valence-electron chi connectivity index (χ2n) is 6.60. The van der Waals surface area contributed by atoms with Gasteiger partial charge in [0.2, 0.25) is 0 Å². The third-order valence-corrected chi connectivity index (χ3v) is 4.68. The van der Waals surface area contributed by atoms with Crippen molar-refractivity contribution in [3.63, 3.8) is 0 Å². The maximum absolute atomic E-state index is 12.6. The highest BCUT2D eigenvalue weighted by molar-refractivity contribution is 6.01. The van der Waals surface area contributed by atoms with Crippen molar-refractivity contribution in [2.75, 3.05) is 40.5 Å². The summed E-state index contributed by atoms with van der Waals surface area (Å²) < 4.78 is 21.1. The number of carbonyl (C=O) groups excluding carboxylic acids is 2. The normalized spacial score (nSPS) is 13.8. The van der Waals surface area contributed by atoms with Crippen molar-refractivity contribution in [1.29, 1.82) is 5.26 Å². The number of carbonyl (C=O) groups is 2. The van der Waals surface area contributed by atoms with E-state index in [0.29, 0.717) is 48.9 Å². The van der Waals surface area contributed by atoms with Crippen molar-refractivity contribution < 1.29 is 28.5 Å². The number of ether oxygens (including phenoxy) is 4. The monoisotopic (exact) mass is 422 g/mol. The lowest BCUT2D eigenvalue weighted by atomic mass is 10.1. The number of hydrogen-bond acceptors (Lipinski definition) is 7. The number of amides is 1. The second-order valence-corrected chi connectivity index (χ2v) is 6.60. The van der Waals surface area contributed by atoms with Crippen LogP contribution in [0.15, 0.2) is 48.0 Å². The quantitative estimate of drug-likeness (QED) is 0.305. The summed E-state index contributed by atoms with van der Waals surface area (Å²) in [6, 6.07) is 13.3. The lowest BCUT2D eigenvalue weighted by molar-refractivity contribution is -0.130. The fourth-order valence-electron chi connectivity index (χ4n) is 2.99. The largest absolute Gasteiger partial charge is 0.497 e. The molecule has 0 spiro atoms. The highest BCUT2D eigenvalue weighted by Gasteiger charge is 2.21. The van der Waals surface area contributed by atoms with Gasteiger partial charge in [-0.3, -0.25) is 4.79 Å². The SMILES string of the molecule is COc1ccc(C(=O)Oc2ccc(/C=C(\C#N)C(=O)N3CCOCC3)cc2OC)cc1. The number of nitrogens with zero attached hydrogens (tertiary/aromatic N) is 2. The number of morpholine rings is 1. The van der Waals surface area contributed by atoms with E-state index in [9.17, 15) is 14.9 Å². The third-order valence-electron chi connectivity index (χ3n) is 4.68. The Morgan fingerprint density at radius 3 is 2.35 bits per heavy atom. The minimum absolute atomic E-state index is 0.00642. The van der Waals surface area contributed by atoms with Crippen molar-refractivity contribution in [1.82, 2.24) is 4.90 Å². The molecule has 1 saturated heterocycles. The summed E-state index contributed by atoms with van der Waals surface area (Å²) in [5, 5.41) is 9.45. The van der Waals surface area contributed by atoms with Gasteiger partial charge < -0.3 is 23.8 Å². The van der Waals surface area contributed by atoms with Crippen molar-refractivity contribution in [3.8, 4) is 23.3 Å². The van der Waals surface area contributed by atoms with E-state index in [-0.39, 0.29) is 17.2 Å². The maximum Gasteiger partial charge on any atom is 0.343 e. The van der Waals surface area contributed by atoms with Crippen molar-refractivity contribution in [2.45, 2.75) is 0 Å². The van der Waals surface area contributed by atoms with Crippen LogP contribution < -0.4 is 14.2 Å². The van der Waals surface area contributed by atoms with E-state index in [1.54, 1.807) is 54.5 Å². The molecule has 0 bridgehead atoms. The Labute approximate surface area is 180 Å². The molecule has 8 heteroatoms. The molecule has 0 saturated carbocycles. The Morgan fingerprint density at radius 1 is 1.03 bits per heavy atom. The van der Waals surface area contributed by atoms with Gasteiger partial charge in [0.25, 0.3) is 5.91 Å². The molecule has 0 unspecified atom stereocenters. The van der Waals surface area contributed by atoms with Crippen LogP contribution in [0.1, 0.15) is 15.9 Å². The van der Waals surface area contributed by atoms with Gasteiger partial charge in [-0.1, -0.05) is 6.07 Å².